The van der Waals surface area contributed by atoms with Gasteiger partial charge in [-0.25, -0.2) is 5.41 Å². The molecule has 0 radical (unpaired) electrons. The van der Waals surface area contributed by atoms with Gasteiger partial charge in [-0.05, 0) is 11.6 Å². The summed E-state index contributed by atoms with van der Waals surface area (Å²) >= 11 is 4.97. The van der Waals surface area contributed by atoms with Crippen molar-refractivity contribution in [2.24, 2.45) is 0 Å². The van der Waals surface area contributed by atoms with Gasteiger partial charge in [-0.3, -0.25) is 0 Å². The lowest BCUT2D eigenvalue weighted by atomic mass is 10.9. The monoisotopic (exact) mass is 78.0 g/mol. The third-order valence-electron chi connectivity index (χ3n) is 0. The molecule has 0 fully saturated rings. The highest BCUT2D eigenvalue weighted by atomic mass is 35.5. The Bertz CT molecular complexity index is 29.0. The summed E-state index contributed by atoms with van der Waals surface area (Å²) in [6, 6.07) is 0. The molecule has 1 nitrogen and oxygen atoms in total. The van der Waals surface area contributed by atoms with Crippen LogP contribution in [0.15, 0.2) is 0 Å². The zero-order valence-corrected chi connectivity index (χ0v) is 3.21. The first-order chi connectivity index (χ1) is 1.73. The lowest BCUT2D eigenvalue weighted by Gasteiger charge is -1.49. The SMILES string of the molecule is CC(=[NH2+])Cl. The van der Waals surface area contributed by atoms with Gasteiger partial charge in [0.25, 0.3) is 0 Å². The fourth-order valence-corrected chi connectivity index (χ4v) is 0. The van der Waals surface area contributed by atoms with Crippen LogP contribution in [0.1, 0.15) is 6.92 Å². The minimum absolute atomic E-state index is 0.389. The quantitative estimate of drug-likeness (QED) is 0.375. The Morgan fingerprint density at radius 2 is 2.00 bits per heavy atom. The summed E-state index contributed by atoms with van der Waals surface area (Å²) in [5.74, 6) is 0. The molecule has 0 atom stereocenters. The maximum absolute atomic E-state index is 4.97. The number of nitrogens with two attached hydrogens (primary N) is 1. The van der Waals surface area contributed by atoms with Crippen molar-refractivity contribution in [2.75, 3.05) is 0 Å². The fourth-order valence-electron chi connectivity index (χ4n) is 0. The minimum atomic E-state index is 0.389. The van der Waals surface area contributed by atoms with Crippen LogP contribution in [0.4, 0.5) is 0 Å². The van der Waals surface area contributed by atoms with Gasteiger partial charge >= 0.3 is 0 Å². The second kappa shape index (κ2) is 1.30. The first kappa shape index (κ1) is 3.96. The standard InChI is InChI=1S/C2H4ClN/c1-2(3)4/h4H,1H3/p+1. The molecule has 0 rings (SSSR count). The lowest BCUT2D eigenvalue weighted by molar-refractivity contribution is -0.109. The molecule has 2 heteroatoms. The molecule has 0 unspecified atom stereocenters. The molecule has 0 spiro atoms. The van der Waals surface area contributed by atoms with Crippen molar-refractivity contribution in [1.29, 1.82) is 0 Å². The predicted molar refractivity (Wildman–Crippen MR) is 18.5 cm³/mol. The van der Waals surface area contributed by atoms with E-state index in [9.17, 15) is 0 Å². The Labute approximate surface area is 30.1 Å². The van der Waals surface area contributed by atoms with Gasteiger partial charge in [0.1, 0.15) is 0 Å². The summed E-state index contributed by atoms with van der Waals surface area (Å²) in [6.45, 7) is 1.63. The largest absolute Gasteiger partial charge is 0.248 e. The van der Waals surface area contributed by atoms with E-state index in [2.05, 4.69) is 0 Å². The van der Waals surface area contributed by atoms with Crippen molar-refractivity contribution >= 4 is 16.8 Å². The third kappa shape index (κ3) is 1130. The molecule has 4 heavy (non-hydrogen) atoms. The smallest absolute Gasteiger partial charge is 0.238 e. The predicted octanol–water partition coefficient (Wildman–Crippen LogP) is -0.597. The Morgan fingerprint density at radius 3 is 2.00 bits per heavy atom. The zero-order chi connectivity index (χ0) is 3.58. The number of rotatable bonds is 0. The van der Waals surface area contributed by atoms with E-state index in [1.165, 1.54) is 0 Å². The van der Waals surface area contributed by atoms with Crippen molar-refractivity contribution in [3.63, 3.8) is 0 Å². The van der Waals surface area contributed by atoms with E-state index < -0.39 is 0 Å². The molecule has 0 aromatic carbocycles. The van der Waals surface area contributed by atoms with Gasteiger partial charge in [0.15, 0.2) is 0 Å². The molecule has 0 aromatic heterocycles. The van der Waals surface area contributed by atoms with E-state index in [4.69, 9.17) is 17.0 Å². The molecular weight excluding hydrogens is 73.5 g/mol. The van der Waals surface area contributed by atoms with E-state index in [-0.39, 0.29) is 0 Å². The van der Waals surface area contributed by atoms with Crippen LogP contribution in [0.5, 0.6) is 0 Å². The summed E-state index contributed by atoms with van der Waals surface area (Å²) in [4.78, 5) is 0. The number of halogens is 1. The molecule has 0 saturated carbocycles. The first-order valence-electron chi connectivity index (χ1n) is 0.978. The molecule has 0 aliphatic heterocycles. The van der Waals surface area contributed by atoms with E-state index in [0.29, 0.717) is 5.17 Å². The summed E-state index contributed by atoms with van der Waals surface area (Å²) < 4.78 is 0. The molecule has 0 saturated heterocycles. The molecule has 0 aliphatic carbocycles. The zero-order valence-electron chi connectivity index (χ0n) is 2.46. The highest BCUT2D eigenvalue weighted by Crippen LogP contribution is 1.62. The normalized spacial score (nSPS) is 6.50. The minimum Gasteiger partial charge on any atom is -0.248 e. The average Bonchev–Trinajstić information content (AvgIpc) is 0.811. The van der Waals surface area contributed by atoms with Gasteiger partial charge in [-0.2, -0.15) is 0 Å². The maximum Gasteiger partial charge on any atom is 0.238 e. The topological polar surface area (TPSA) is 25.6 Å². The van der Waals surface area contributed by atoms with E-state index in [0.717, 1.165) is 0 Å². The van der Waals surface area contributed by atoms with Gasteiger partial charge in [0.2, 0.25) is 5.17 Å². The fraction of sp³-hybridized carbons (Fsp3) is 0.500. The van der Waals surface area contributed by atoms with Gasteiger partial charge in [0.05, 0.1) is 0 Å². The van der Waals surface area contributed by atoms with Crippen LogP contribution in [-0.4, -0.2) is 5.17 Å². The van der Waals surface area contributed by atoms with Crippen molar-refractivity contribution < 1.29 is 5.41 Å². The van der Waals surface area contributed by atoms with Gasteiger partial charge in [-0.15, -0.1) is 0 Å². The molecule has 0 aliphatic rings. The van der Waals surface area contributed by atoms with E-state index >= 15 is 0 Å². The van der Waals surface area contributed by atoms with Crippen LogP contribution in [0.25, 0.3) is 0 Å². The Kier molecular flexibility index (Phi) is 1.28. The van der Waals surface area contributed by atoms with Crippen LogP contribution < -0.4 is 5.41 Å². The third-order valence-corrected chi connectivity index (χ3v) is 0. The van der Waals surface area contributed by atoms with Gasteiger partial charge in [-0.1, -0.05) is 0 Å². The van der Waals surface area contributed by atoms with Crippen molar-refractivity contribution in [1.82, 2.24) is 0 Å². The summed E-state index contributed by atoms with van der Waals surface area (Å²) in [6.07, 6.45) is 0. The maximum atomic E-state index is 4.97. The summed E-state index contributed by atoms with van der Waals surface area (Å²) in [5, 5.41) is 5.18. The molecule has 2 N–H and O–H groups in total. The molecule has 0 aromatic rings. The van der Waals surface area contributed by atoms with Crippen LogP contribution >= 0.6 is 11.6 Å². The van der Waals surface area contributed by atoms with E-state index in [1.54, 1.807) is 6.92 Å². The molecule has 0 bridgehead atoms. The first-order valence-corrected chi connectivity index (χ1v) is 1.36. The number of hydrogen-bond acceptors (Lipinski definition) is 0. The second-order valence-electron chi connectivity index (χ2n) is 0.587. The van der Waals surface area contributed by atoms with Crippen molar-refractivity contribution in [3.8, 4) is 0 Å². The molecular formula is C2H5ClN+. The second-order valence-corrected chi connectivity index (χ2v) is 1.18. The molecule has 24 valence electrons. The van der Waals surface area contributed by atoms with Crippen LogP contribution in [0.3, 0.4) is 0 Å². The molecule has 0 heterocycles. The number of hydrogen-bond donors (Lipinski definition) is 1. The Balaban J connectivity index is 2.80. The van der Waals surface area contributed by atoms with Crippen LogP contribution in [-0.2, 0) is 0 Å². The average molecular weight is 78.5 g/mol. The van der Waals surface area contributed by atoms with Gasteiger partial charge in [0, 0.05) is 6.92 Å². The Morgan fingerprint density at radius 1 is 2.00 bits per heavy atom. The van der Waals surface area contributed by atoms with Crippen LogP contribution in [0, 0.1) is 0 Å². The summed E-state index contributed by atoms with van der Waals surface area (Å²) in [5.41, 5.74) is 0. The van der Waals surface area contributed by atoms with Crippen molar-refractivity contribution in [3.05, 3.63) is 0 Å². The molecule has 0 amide bonds. The van der Waals surface area contributed by atoms with E-state index in [1.807, 2.05) is 0 Å². The van der Waals surface area contributed by atoms with Crippen molar-refractivity contribution in [2.45, 2.75) is 6.92 Å². The van der Waals surface area contributed by atoms with Crippen LogP contribution in [0.2, 0.25) is 0 Å². The Hall–Kier alpha value is -0.0400. The summed E-state index contributed by atoms with van der Waals surface area (Å²) in [7, 11) is 0. The highest BCUT2D eigenvalue weighted by molar-refractivity contribution is 6.62. The highest BCUT2D eigenvalue weighted by Gasteiger charge is 1.69. The van der Waals surface area contributed by atoms with Gasteiger partial charge < -0.3 is 0 Å². The lowest BCUT2D eigenvalue weighted by Crippen LogP contribution is -2.33.